The van der Waals surface area contributed by atoms with Crippen LogP contribution >= 0.6 is 0 Å². The van der Waals surface area contributed by atoms with Gasteiger partial charge in [0.15, 0.2) is 5.82 Å². The molecule has 0 aliphatic heterocycles. The van der Waals surface area contributed by atoms with Crippen molar-refractivity contribution in [2.45, 2.75) is 20.3 Å². The Kier molecular flexibility index (Phi) is 5.29. The number of hydrogen-bond donors (Lipinski definition) is 3. The van der Waals surface area contributed by atoms with Gasteiger partial charge >= 0.3 is 0 Å². The van der Waals surface area contributed by atoms with Gasteiger partial charge in [0.1, 0.15) is 16.9 Å². The van der Waals surface area contributed by atoms with Gasteiger partial charge in [-0.3, -0.25) is 19.9 Å². The predicted molar refractivity (Wildman–Crippen MR) is 138 cm³/mol. The van der Waals surface area contributed by atoms with Crippen molar-refractivity contribution >= 4 is 33.5 Å². The maximum atomic E-state index is 12.2. The normalized spacial score (nSPS) is 11.5. The van der Waals surface area contributed by atoms with Gasteiger partial charge in [0.25, 0.3) is 0 Å². The van der Waals surface area contributed by atoms with Crippen LogP contribution in [-0.4, -0.2) is 36.0 Å². The van der Waals surface area contributed by atoms with Crippen LogP contribution in [0, 0.1) is 5.92 Å². The number of furan rings is 1. The average Bonchev–Trinajstić information content (AvgIpc) is 3.62. The van der Waals surface area contributed by atoms with Crippen molar-refractivity contribution in [3.05, 3.63) is 67.5 Å². The molecule has 0 fully saturated rings. The number of aromatic amines is 2. The fourth-order valence-corrected chi connectivity index (χ4v) is 4.28. The quantitative estimate of drug-likeness (QED) is 0.278. The summed E-state index contributed by atoms with van der Waals surface area (Å²) in [6.07, 6.45) is 8.91. The van der Waals surface area contributed by atoms with Gasteiger partial charge in [0.2, 0.25) is 5.91 Å². The first-order chi connectivity index (χ1) is 17.5. The molecule has 6 aromatic rings. The highest BCUT2D eigenvalue weighted by Gasteiger charge is 2.17. The van der Waals surface area contributed by atoms with E-state index >= 15 is 0 Å². The highest BCUT2D eigenvalue weighted by atomic mass is 16.3. The lowest BCUT2D eigenvalue weighted by molar-refractivity contribution is -0.116. The molecule has 178 valence electrons. The SMILES string of the molecule is CC(C)CC(=O)Nc1cncc(-c2ccc3[nH]nc(-c4nc5c(-c6ccoc6)nccc5[nH]4)c3c2)c1. The van der Waals surface area contributed by atoms with Crippen LogP contribution in [-0.2, 0) is 4.79 Å². The predicted octanol–water partition coefficient (Wildman–Crippen LogP) is 5.81. The van der Waals surface area contributed by atoms with E-state index in [0.29, 0.717) is 23.6 Å². The van der Waals surface area contributed by atoms with Crippen molar-refractivity contribution < 1.29 is 9.21 Å². The van der Waals surface area contributed by atoms with Crippen LogP contribution in [0.15, 0.2) is 71.9 Å². The Hall–Kier alpha value is -4.79. The molecule has 5 aromatic heterocycles. The number of pyridine rings is 2. The number of imidazole rings is 1. The molecule has 0 saturated carbocycles. The molecule has 0 bridgehead atoms. The molecule has 5 heterocycles. The first kappa shape index (κ1) is 21.7. The molecule has 0 saturated heterocycles. The van der Waals surface area contributed by atoms with Crippen LogP contribution in [0.4, 0.5) is 5.69 Å². The summed E-state index contributed by atoms with van der Waals surface area (Å²) in [5.74, 6) is 0.900. The van der Waals surface area contributed by atoms with Crippen LogP contribution in [0.2, 0.25) is 0 Å². The largest absolute Gasteiger partial charge is 0.472 e. The van der Waals surface area contributed by atoms with E-state index in [1.165, 1.54) is 0 Å². The Morgan fingerprint density at radius 1 is 1.03 bits per heavy atom. The van der Waals surface area contributed by atoms with E-state index in [9.17, 15) is 4.79 Å². The third-order valence-corrected chi connectivity index (χ3v) is 5.93. The standard InChI is InChI=1S/C27H23N7O2/c1-15(2)9-23(35)30-19-10-18(12-28-13-19)16-3-4-21-20(11-16)25(34-33-21)27-31-22-5-7-29-24(26(22)32-27)17-6-8-36-14-17/h3-8,10-15H,9H2,1-2H3,(H,30,35)(H,31,32)(H,33,34). The summed E-state index contributed by atoms with van der Waals surface area (Å²) in [5, 5.41) is 11.5. The van der Waals surface area contributed by atoms with Crippen molar-refractivity contribution in [3.63, 3.8) is 0 Å². The number of nitrogens with zero attached hydrogens (tertiary/aromatic N) is 4. The summed E-state index contributed by atoms with van der Waals surface area (Å²) in [5.41, 5.74) is 7.31. The summed E-state index contributed by atoms with van der Waals surface area (Å²) in [6, 6.07) is 11.7. The highest BCUT2D eigenvalue weighted by molar-refractivity contribution is 5.98. The molecule has 36 heavy (non-hydrogen) atoms. The second-order valence-corrected chi connectivity index (χ2v) is 9.09. The maximum Gasteiger partial charge on any atom is 0.224 e. The monoisotopic (exact) mass is 477 g/mol. The van der Waals surface area contributed by atoms with Gasteiger partial charge in [0.05, 0.1) is 35.4 Å². The molecule has 0 aliphatic rings. The van der Waals surface area contributed by atoms with E-state index in [1.807, 2.05) is 50.2 Å². The molecule has 1 amide bonds. The van der Waals surface area contributed by atoms with Gasteiger partial charge in [-0.05, 0) is 41.8 Å². The van der Waals surface area contributed by atoms with Crippen LogP contribution in [0.1, 0.15) is 20.3 Å². The van der Waals surface area contributed by atoms with Crippen molar-refractivity contribution in [1.82, 2.24) is 30.1 Å². The Bertz CT molecular complexity index is 1700. The van der Waals surface area contributed by atoms with Crippen molar-refractivity contribution in [1.29, 1.82) is 0 Å². The smallest absolute Gasteiger partial charge is 0.224 e. The fourth-order valence-electron chi connectivity index (χ4n) is 4.28. The number of aromatic nitrogens is 6. The lowest BCUT2D eigenvalue weighted by atomic mass is 10.0. The molecule has 0 spiro atoms. The van der Waals surface area contributed by atoms with Crippen LogP contribution < -0.4 is 5.32 Å². The Morgan fingerprint density at radius 3 is 2.78 bits per heavy atom. The first-order valence-corrected chi connectivity index (χ1v) is 11.7. The van der Waals surface area contributed by atoms with Gasteiger partial charge in [-0.1, -0.05) is 19.9 Å². The van der Waals surface area contributed by atoms with E-state index in [1.54, 1.807) is 31.1 Å². The number of carbonyl (C=O) groups excluding carboxylic acids is 1. The Morgan fingerprint density at radius 2 is 1.94 bits per heavy atom. The fraction of sp³-hybridized carbons (Fsp3) is 0.148. The van der Waals surface area contributed by atoms with Crippen LogP contribution in [0.5, 0.6) is 0 Å². The van der Waals surface area contributed by atoms with Crippen LogP contribution in [0.3, 0.4) is 0 Å². The molecule has 0 atom stereocenters. The number of benzene rings is 1. The second kappa shape index (κ2) is 8.77. The van der Waals surface area contributed by atoms with Gasteiger partial charge in [-0.25, -0.2) is 4.98 Å². The zero-order valence-electron chi connectivity index (χ0n) is 19.7. The van der Waals surface area contributed by atoms with Crippen molar-refractivity contribution in [2.24, 2.45) is 5.92 Å². The molecule has 1 aromatic carbocycles. The Labute approximate surface area is 206 Å². The number of hydrogen-bond acceptors (Lipinski definition) is 6. The number of rotatable bonds is 6. The van der Waals surface area contributed by atoms with E-state index in [0.717, 1.165) is 44.3 Å². The molecule has 0 radical (unpaired) electrons. The number of carbonyl (C=O) groups is 1. The van der Waals surface area contributed by atoms with Gasteiger partial charge in [0, 0.05) is 35.3 Å². The maximum absolute atomic E-state index is 12.2. The first-order valence-electron chi connectivity index (χ1n) is 11.7. The lowest BCUT2D eigenvalue weighted by Gasteiger charge is -2.09. The number of H-pyrrole nitrogens is 2. The average molecular weight is 478 g/mol. The van der Waals surface area contributed by atoms with Gasteiger partial charge < -0.3 is 14.7 Å². The molecular formula is C27H23N7O2. The zero-order valence-corrected chi connectivity index (χ0v) is 19.7. The summed E-state index contributed by atoms with van der Waals surface area (Å²) in [6.45, 7) is 4.03. The summed E-state index contributed by atoms with van der Waals surface area (Å²) in [7, 11) is 0. The topological polar surface area (TPSA) is 125 Å². The van der Waals surface area contributed by atoms with E-state index < -0.39 is 0 Å². The molecule has 3 N–H and O–H groups in total. The molecule has 9 nitrogen and oxygen atoms in total. The molecule has 0 aliphatic carbocycles. The summed E-state index contributed by atoms with van der Waals surface area (Å²) < 4.78 is 5.23. The third kappa shape index (κ3) is 4.00. The minimum Gasteiger partial charge on any atom is -0.472 e. The van der Waals surface area contributed by atoms with Crippen molar-refractivity contribution in [3.8, 4) is 33.9 Å². The van der Waals surface area contributed by atoms with E-state index in [-0.39, 0.29) is 11.8 Å². The third-order valence-electron chi connectivity index (χ3n) is 5.93. The molecule has 0 unspecified atom stereocenters. The molecule has 6 rings (SSSR count). The summed E-state index contributed by atoms with van der Waals surface area (Å²) in [4.78, 5) is 29.2. The van der Waals surface area contributed by atoms with Gasteiger partial charge in [-0.15, -0.1) is 0 Å². The summed E-state index contributed by atoms with van der Waals surface area (Å²) >= 11 is 0. The Balaban J connectivity index is 1.38. The zero-order chi connectivity index (χ0) is 24.6. The van der Waals surface area contributed by atoms with E-state index in [2.05, 4.69) is 30.5 Å². The minimum atomic E-state index is -0.0225. The number of nitrogens with one attached hydrogen (secondary N) is 3. The lowest BCUT2D eigenvalue weighted by Crippen LogP contribution is -2.13. The number of amides is 1. The number of anilines is 1. The second-order valence-electron chi connectivity index (χ2n) is 9.09. The van der Waals surface area contributed by atoms with Crippen molar-refractivity contribution in [2.75, 3.05) is 5.32 Å². The van der Waals surface area contributed by atoms with Gasteiger partial charge in [-0.2, -0.15) is 5.10 Å². The molecule has 9 heteroatoms. The number of fused-ring (bicyclic) bond motifs is 2. The highest BCUT2D eigenvalue weighted by Crippen LogP contribution is 2.32. The minimum absolute atomic E-state index is 0.0225. The van der Waals surface area contributed by atoms with E-state index in [4.69, 9.17) is 9.40 Å². The molecular weight excluding hydrogens is 454 g/mol. The van der Waals surface area contributed by atoms with Crippen LogP contribution in [0.25, 0.3) is 55.8 Å².